The highest BCUT2D eigenvalue weighted by molar-refractivity contribution is 8.68. The van der Waals surface area contributed by atoms with Gasteiger partial charge in [0.1, 0.15) is 0 Å². The topological polar surface area (TPSA) is 17.1 Å². The van der Waals surface area contributed by atoms with Crippen LogP contribution in [-0.2, 0) is 9.83 Å². The minimum absolute atomic E-state index is 0.610. The largest absolute Gasteiger partial charge is 0.248 e. The Morgan fingerprint density at radius 2 is 2.25 bits per heavy atom. The molecule has 0 N–H and O–H groups in total. The zero-order chi connectivity index (χ0) is 6.41. The van der Waals surface area contributed by atoms with Gasteiger partial charge >= 0.3 is 0 Å². The normalized spacial score (nSPS) is 13.8. The van der Waals surface area contributed by atoms with Crippen molar-refractivity contribution in [3.63, 3.8) is 0 Å². The lowest BCUT2D eigenvalue weighted by molar-refractivity contribution is 0.688. The molecule has 0 aromatic carbocycles. The first kappa shape index (κ1) is 8.50. The average molecular weight is 152 g/mol. The highest BCUT2D eigenvalue weighted by Gasteiger charge is 1.92. The molecule has 1 nitrogen and oxygen atoms in total. The molecule has 3 heteroatoms. The molecule has 0 saturated carbocycles. The second kappa shape index (κ2) is 5.63. The van der Waals surface area contributed by atoms with Gasteiger partial charge < -0.3 is 0 Å². The predicted octanol–water partition coefficient (Wildman–Crippen LogP) is 1.81. The molecule has 0 fully saturated rings. The van der Waals surface area contributed by atoms with Crippen LogP contribution >= 0.6 is 10.8 Å². The third kappa shape index (κ3) is 4.65. The Labute approximate surface area is 57.1 Å². The standard InChI is InChI=1S/C5H12OS2/c1-3-4-5-8(6)7-2/h3-5H2,1-2H3/t8-/m1/s1. The van der Waals surface area contributed by atoms with E-state index in [4.69, 9.17) is 0 Å². The molecule has 0 bridgehead atoms. The predicted molar refractivity (Wildman–Crippen MR) is 41.4 cm³/mol. The van der Waals surface area contributed by atoms with Gasteiger partial charge in [-0.05, 0) is 12.7 Å². The van der Waals surface area contributed by atoms with Crippen molar-refractivity contribution >= 4 is 20.6 Å². The minimum atomic E-state index is -0.610. The van der Waals surface area contributed by atoms with Gasteiger partial charge in [-0.15, -0.1) is 0 Å². The molecule has 0 unspecified atom stereocenters. The van der Waals surface area contributed by atoms with Crippen molar-refractivity contribution in [2.24, 2.45) is 0 Å². The van der Waals surface area contributed by atoms with Crippen LogP contribution in [0.5, 0.6) is 0 Å². The van der Waals surface area contributed by atoms with Gasteiger partial charge in [0.25, 0.3) is 0 Å². The Balaban J connectivity index is 2.99. The van der Waals surface area contributed by atoms with Gasteiger partial charge in [-0.3, -0.25) is 0 Å². The fourth-order valence-corrected chi connectivity index (χ4v) is 1.89. The molecular formula is C5H12OS2. The van der Waals surface area contributed by atoms with Crippen LogP contribution in [0.2, 0.25) is 0 Å². The monoisotopic (exact) mass is 152 g/mol. The average Bonchev–Trinajstić information content (AvgIpc) is 1.83. The number of hydrogen-bond acceptors (Lipinski definition) is 2. The molecule has 0 saturated heterocycles. The molecule has 50 valence electrons. The van der Waals surface area contributed by atoms with E-state index < -0.39 is 9.83 Å². The lowest BCUT2D eigenvalue weighted by atomic mass is 10.4. The van der Waals surface area contributed by atoms with Gasteiger partial charge in [-0.1, -0.05) is 24.1 Å². The maximum atomic E-state index is 10.6. The van der Waals surface area contributed by atoms with Gasteiger partial charge in [0.15, 0.2) is 0 Å². The summed E-state index contributed by atoms with van der Waals surface area (Å²) in [6, 6.07) is 0. The summed E-state index contributed by atoms with van der Waals surface area (Å²) in [4.78, 5) is 0. The lowest BCUT2D eigenvalue weighted by Crippen LogP contribution is -1.88. The van der Waals surface area contributed by atoms with E-state index in [1.807, 2.05) is 6.26 Å². The van der Waals surface area contributed by atoms with E-state index in [2.05, 4.69) is 6.92 Å². The summed E-state index contributed by atoms with van der Waals surface area (Å²) in [5, 5.41) is 0. The molecule has 8 heavy (non-hydrogen) atoms. The molecule has 0 rings (SSSR count). The molecular weight excluding hydrogens is 140 g/mol. The molecule has 0 aliphatic carbocycles. The summed E-state index contributed by atoms with van der Waals surface area (Å²) in [5.41, 5.74) is 0. The van der Waals surface area contributed by atoms with Crippen molar-refractivity contribution < 1.29 is 4.21 Å². The van der Waals surface area contributed by atoms with Gasteiger partial charge in [-0.25, -0.2) is 4.21 Å². The number of rotatable bonds is 4. The lowest BCUT2D eigenvalue weighted by Gasteiger charge is -1.92. The summed E-state index contributed by atoms with van der Waals surface area (Å²) >= 11 is 0. The van der Waals surface area contributed by atoms with Crippen LogP contribution in [0.1, 0.15) is 19.8 Å². The van der Waals surface area contributed by atoms with E-state index in [-0.39, 0.29) is 0 Å². The first-order valence-corrected chi connectivity index (χ1v) is 5.80. The van der Waals surface area contributed by atoms with Crippen LogP contribution in [0.15, 0.2) is 0 Å². The maximum Gasteiger partial charge on any atom is 0.0801 e. The van der Waals surface area contributed by atoms with Gasteiger partial charge in [0, 0.05) is 5.75 Å². The first-order valence-electron chi connectivity index (χ1n) is 2.74. The number of hydrogen-bond donors (Lipinski definition) is 0. The molecule has 0 heterocycles. The summed E-state index contributed by atoms with van der Waals surface area (Å²) < 4.78 is 10.6. The van der Waals surface area contributed by atoms with Crippen molar-refractivity contribution in [1.82, 2.24) is 0 Å². The van der Waals surface area contributed by atoms with Crippen LogP contribution in [0.4, 0.5) is 0 Å². The quantitative estimate of drug-likeness (QED) is 0.571. The summed E-state index contributed by atoms with van der Waals surface area (Å²) in [6.45, 7) is 2.11. The second-order valence-electron chi connectivity index (χ2n) is 1.53. The second-order valence-corrected chi connectivity index (χ2v) is 4.99. The SMILES string of the molecule is CCCC[S@](=O)SC. The third-order valence-electron chi connectivity index (χ3n) is 0.850. The van der Waals surface area contributed by atoms with E-state index >= 15 is 0 Å². The Kier molecular flexibility index (Phi) is 5.99. The van der Waals surface area contributed by atoms with Crippen LogP contribution < -0.4 is 0 Å². The zero-order valence-corrected chi connectivity index (χ0v) is 6.98. The van der Waals surface area contributed by atoms with E-state index in [9.17, 15) is 4.21 Å². The summed E-state index contributed by atoms with van der Waals surface area (Å²) in [6.07, 6.45) is 4.12. The van der Waals surface area contributed by atoms with E-state index in [0.29, 0.717) is 0 Å². The van der Waals surface area contributed by atoms with Crippen molar-refractivity contribution in [3.05, 3.63) is 0 Å². The van der Waals surface area contributed by atoms with Crippen LogP contribution in [0, 0.1) is 0 Å². The number of unbranched alkanes of at least 4 members (excludes halogenated alkanes) is 1. The third-order valence-corrected chi connectivity index (χ3v) is 3.46. The van der Waals surface area contributed by atoms with Crippen LogP contribution in [-0.4, -0.2) is 16.2 Å². The van der Waals surface area contributed by atoms with Gasteiger partial charge in [0.2, 0.25) is 0 Å². The van der Waals surface area contributed by atoms with Crippen molar-refractivity contribution in [2.45, 2.75) is 19.8 Å². The maximum absolute atomic E-state index is 10.6. The molecule has 0 aliphatic heterocycles. The zero-order valence-electron chi connectivity index (χ0n) is 5.35. The molecule has 1 atom stereocenters. The first-order chi connectivity index (χ1) is 3.81. The smallest absolute Gasteiger partial charge is 0.0801 e. The summed E-state index contributed by atoms with van der Waals surface area (Å²) in [7, 11) is 0.827. The molecule has 0 spiro atoms. The molecule has 0 aromatic heterocycles. The Bertz CT molecular complexity index is 72.8. The van der Waals surface area contributed by atoms with E-state index in [0.717, 1.165) is 18.6 Å². The Hall–Kier alpha value is 0.500. The fourth-order valence-electron chi connectivity index (χ4n) is 0.346. The Morgan fingerprint density at radius 3 is 2.62 bits per heavy atom. The van der Waals surface area contributed by atoms with Gasteiger partial charge in [-0.2, -0.15) is 0 Å². The highest BCUT2D eigenvalue weighted by Crippen LogP contribution is 2.03. The van der Waals surface area contributed by atoms with E-state index in [1.165, 1.54) is 10.8 Å². The van der Waals surface area contributed by atoms with E-state index in [1.54, 1.807) is 0 Å². The molecule has 0 aliphatic rings. The Morgan fingerprint density at radius 1 is 1.62 bits per heavy atom. The summed E-state index contributed by atoms with van der Waals surface area (Å²) in [5.74, 6) is 0.859. The van der Waals surface area contributed by atoms with Crippen molar-refractivity contribution in [1.29, 1.82) is 0 Å². The van der Waals surface area contributed by atoms with Crippen molar-refractivity contribution in [2.75, 3.05) is 12.0 Å². The van der Waals surface area contributed by atoms with Gasteiger partial charge in [0.05, 0.1) is 9.83 Å². The molecule has 0 radical (unpaired) electrons. The molecule has 0 aromatic rings. The highest BCUT2D eigenvalue weighted by atomic mass is 33.1. The fraction of sp³-hybridized carbons (Fsp3) is 1.00. The van der Waals surface area contributed by atoms with Crippen molar-refractivity contribution in [3.8, 4) is 0 Å². The molecule has 0 amide bonds. The van der Waals surface area contributed by atoms with Crippen LogP contribution in [0.25, 0.3) is 0 Å². The minimum Gasteiger partial charge on any atom is -0.248 e. The van der Waals surface area contributed by atoms with Crippen LogP contribution in [0.3, 0.4) is 0 Å².